The topological polar surface area (TPSA) is 57.5 Å². The van der Waals surface area contributed by atoms with Crippen LogP contribution in [-0.4, -0.2) is 42.9 Å². The zero-order chi connectivity index (χ0) is 15.8. The van der Waals surface area contributed by atoms with E-state index >= 15 is 0 Å². The molecule has 1 aromatic rings. The minimum atomic E-state index is -0.372. The summed E-state index contributed by atoms with van der Waals surface area (Å²) in [5.74, 6) is 0.749. The monoisotopic (exact) mass is 299 g/mol. The number of likely N-dealkylation sites (N-methyl/N-ethyl adjacent to an activating group) is 1. The van der Waals surface area contributed by atoms with Crippen LogP contribution in [0.2, 0.25) is 0 Å². The largest absolute Gasteiger partial charge is 0.493 e. The molecule has 0 amide bonds. The van der Waals surface area contributed by atoms with Crippen LogP contribution in [0.4, 0.5) is 0 Å². The molecular weight excluding hydrogens is 270 g/mol. The number of ether oxygens (including phenoxy) is 3. The van der Waals surface area contributed by atoms with Gasteiger partial charge in [-0.2, -0.15) is 5.10 Å². The van der Waals surface area contributed by atoms with Crippen molar-refractivity contribution >= 4 is 0 Å². The third kappa shape index (κ3) is 4.43. The Kier molecular flexibility index (Phi) is 7.71. The lowest BCUT2D eigenvalue weighted by Gasteiger charge is -2.29. The molecule has 21 heavy (non-hydrogen) atoms. The number of aromatic nitrogens is 2. The van der Waals surface area contributed by atoms with Gasteiger partial charge in [0.2, 0.25) is 0 Å². The summed E-state index contributed by atoms with van der Waals surface area (Å²) < 4.78 is 19.0. The highest BCUT2D eigenvalue weighted by Crippen LogP contribution is 2.31. The zero-order valence-corrected chi connectivity index (χ0v) is 14.0. The summed E-state index contributed by atoms with van der Waals surface area (Å²) >= 11 is 0. The maximum Gasteiger partial charge on any atom is 0.178 e. The SMILES string of the molecule is CCNC(c1c(OC)cnn1C(C)C)C(OCC)OCC. The van der Waals surface area contributed by atoms with Gasteiger partial charge in [-0.1, -0.05) is 6.92 Å². The van der Waals surface area contributed by atoms with Crippen LogP contribution < -0.4 is 10.1 Å². The lowest BCUT2D eigenvalue weighted by atomic mass is 10.1. The van der Waals surface area contributed by atoms with Gasteiger partial charge in [0.1, 0.15) is 11.7 Å². The highest BCUT2D eigenvalue weighted by Gasteiger charge is 2.30. The van der Waals surface area contributed by atoms with Gasteiger partial charge in [-0.05, 0) is 34.2 Å². The third-order valence-electron chi connectivity index (χ3n) is 3.16. The van der Waals surface area contributed by atoms with Crippen LogP contribution in [0, 0.1) is 0 Å². The fraction of sp³-hybridized carbons (Fsp3) is 0.800. The number of methoxy groups -OCH3 is 1. The van der Waals surface area contributed by atoms with Crippen LogP contribution in [0.15, 0.2) is 6.20 Å². The van der Waals surface area contributed by atoms with Crippen molar-refractivity contribution in [3.8, 4) is 5.75 Å². The number of rotatable bonds is 10. The summed E-state index contributed by atoms with van der Waals surface area (Å²) in [6.45, 7) is 12.1. The smallest absolute Gasteiger partial charge is 0.178 e. The second-order valence-corrected chi connectivity index (χ2v) is 4.95. The van der Waals surface area contributed by atoms with E-state index < -0.39 is 0 Å². The molecule has 1 rings (SSSR count). The first-order valence-corrected chi connectivity index (χ1v) is 7.68. The fourth-order valence-electron chi connectivity index (χ4n) is 2.33. The fourth-order valence-corrected chi connectivity index (χ4v) is 2.33. The lowest BCUT2D eigenvalue weighted by molar-refractivity contribution is -0.156. The van der Waals surface area contributed by atoms with Crippen LogP contribution >= 0.6 is 0 Å². The Morgan fingerprint density at radius 1 is 1.19 bits per heavy atom. The van der Waals surface area contributed by atoms with Crippen molar-refractivity contribution in [3.63, 3.8) is 0 Å². The van der Waals surface area contributed by atoms with Gasteiger partial charge in [-0.15, -0.1) is 0 Å². The molecule has 6 heteroatoms. The molecule has 0 aliphatic carbocycles. The Morgan fingerprint density at radius 3 is 2.24 bits per heavy atom. The average molecular weight is 299 g/mol. The van der Waals surface area contributed by atoms with Gasteiger partial charge < -0.3 is 19.5 Å². The predicted molar refractivity (Wildman–Crippen MR) is 82.6 cm³/mol. The van der Waals surface area contributed by atoms with Crippen LogP contribution in [-0.2, 0) is 9.47 Å². The molecule has 1 unspecified atom stereocenters. The maximum atomic E-state index is 5.77. The minimum Gasteiger partial charge on any atom is -0.493 e. The van der Waals surface area contributed by atoms with Crippen LogP contribution in [0.3, 0.4) is 0 Å². The van der Waals surface area contributed by atoms with Crippen molar-refractivity contribution in [2.45, 2.75) is 53.0 Å². The molecule has 1 heterocycles. The van der Waals surface area contributed by atoms with Crippen LogP contribution in [0.5, 0.6) is 5.75 Å². The van der Waals surface area contributed by atoms with E-state index in [9.17, 15) is 0 Å². The second-order valence-electron chi connectivity index (χ2n) is 4.95. The van der Waals surface area contributed by atoms with Crippen LogP contribution in [0.1, 0.15) is 52.4 Å². The Balaban J connectivity index is 3.21. The minimum absolute atomic E-state index is 0.130. The first-order chi connectivity index (χ1) is 10.1. The highest BCUT2D eigenvalue weighted by molar-refractivity contribution is 5.29. The van der Waals surface area contributed by atoms with E-state index in [0.717, 1.165) is 18.0 Å². The molecule has 0 radical (unpaired) electrons. The first kappa shape index (κ1) is 17.9. The van der Waals surface area contributed by atoms with Gasteiger partial charge in [0, 0.05) is 19.3 Å². The average Bonchev–Trinajstić information content (AvgIpc) is 2.88. The highest BCUT2D eigenvalue weighted by atomic mass is 16.7. The third-order valence-corrected chi connectivity index (χ3v) is 3.16. The number of nitrogens with one attached hydrogen (secondary N) is 1. The van der Waals surface area contributed by atoms with E-state index in [2.05, 4.69) is 31.2 Å². The maximum absolute atomic E-state index is 5.77. The quantitative estimate of drug-likeness (QED) is 0.673. The van der Waals surface area contributed by atoms with Crippen molar-refractivity contribution in [2.24, 2.45) is 0 Å². The molecule has 122 valence electrons. The Labute approximate surface area is 127 Å². The molecule has 0 bridgehead atoms. The molecule has 0 aromatic carbocycles. The van der Waals surface area contributed by atoms with Gasteiger partial charge in [0.15, 0.2) is 12.0 Å². The summed E-state index contributed by atoms with van der Waals surface area (Å²) in [7, 11) is 1.66. The van der Waals surface area contributed by atoms with Gasteiger partial charge in [0.05, 0.1) is 13.3 Å². The molecule has 1 N–H and O–H groups in total. The van der Waals surface area contributed by atoms with Gasteiger partial charge >= 0.3 is 0 Å². The summed E-state index contributed by atoms with van der Waals surface area (Å²) in [5.41, 5.74) is 0.959. The summed E-state index contributed by atoms with van der Waals surface area (Å²) in [4.78, 5) is 0. The normalized spacial score (nSPS) is 13.1. The molecule has 1 aromatic heterocycles. The van der Waals surface area contributed by atoms with Crippen molar-refractivity contribution < 1.29 is 14.2 Å². The van der Waals surface area contributed by atoms with Crippen LogP contribution in [0.25, 0.3) is 0 Å². The van der Waals surface area contributed by atoms with Gasteiger partial charge in [-0.25, -0.2) is 0 Å². The number of hydrogen-bond donors (Lipinski definition) is 1. The van der Waals surface area contributed by atoms with E-state index in [1.54, 1.807) is 13.3 Å². The van der Waals surface area contributed by atoms with Gasteiger partial charge in [0.25, 0.3) is 0 Å². The van der Waals surface area contributed by atoms with Crippen molar-refractivity contribution in [1.82, 2.24) is 15.1 Å². The first-order valence-electron chi connectivity index (χ1n) is 7.68. The van der Waals surface area contributed by atoms with E-state index in [4.69, 9.17) is 14.2 Å². The molecule has 0 fully saturated rings. The molecule has 0 saturated heterocycles. The molecular formula is C15H29N3O3. The van der Waals surface area contributed by atoms with E-state index in [1.807, 2.05) is 18.5 Å². The summed E-state index contributed by atoms with van der Waals surface area (Å²) in [6.07, 6.45) is 1.37. The van der Waals surface area contributed by atoms with E-state index in [1.165, 1.54) is 0 Å². The summed E-state index contributed by atoms with van der Waals surface area (Å²) in [5, 5.41) is 7.87. The van der Waals surface area contributed by atoms with Crippen molar-refractivity contribution in [1.29, 1.82) is 0 Å². The van der Waals surface area contributed by atoms with Crippen molar-refractivity contribution in [2.75, 3.05) is 26.9 Å². The molecule has 1 atom stereocenters. The Morgan fingerprint density at radius 2 is 1.81 bits per heavy atom. The predicted octanol–water partition coefficient (Wildman–Crippen LogP) is 2.52. The van der Waals surface area contributed by atoms with Gasteiger partial charge in [-0.3, -0.25) is 4.68 Å². The molecule has 6 nitrogen and oxygen atoms in total. The number of nitrogens with zero attached hydrogens (tertiary/aromatic N) is 2. The summed E-state index contributed by atoms with van der Waals surface area (Å²) in [6, 6.07) is 0.101. The Bertz CT molecular complexity index is 401. The lowest BCUT2D eigenvalue weighted by Crippen LogP contribution is -2.38. The van der Waals surface area contributed by atoms with E-state index in [0.29, 0.717) is 13.2 Å². The number of hydrogen-bond acceptors (Lipinski definition) is 5. The standard InChI is InChI=1S/C15H29N3O3/c1-7-16-13(15(20-8-2)21-9-3)14-12(19-6)10-17-18(14)11(4)5/h10-11,13,15-16H,7-9H2,1-6H3. The molecule has 0 aliphatic rings. The molecule has 0 saturated carbocycles. The molecule has 0 spiro atoms. The zero-order valence-electron chi connectivity index (χ0n) is 14.0. The molecule has 0 aliphatic heterocycles. The van der Waals surface area contributed by atoms with E-state index in [-0.39, 0.29) is 18.4 Å². The van der Waals surface area contributed by atoms with Crippen molar-refractivity contribution in [3.05, 3.63) is 11.9 Å². The second kappa shape index (κ2) is 9.02. The Hall–Kier alpha value is -1.11.